The Balaban J connectivity index is 0.00000280. The number of thiazole rings is 1. The number of nitrogens with zero attached hydrogens (tertiary/aromatic N) is 2. The van der Waals surface area contributed by atoms with Crippen LogP contribution in [0.15, 0.2) is 10.4 Å². The van der Waals surface area contributed by atoms with E-state index in [4.69, 9.17) is 4.74 Å². The van der Waals surface area contributed by atoms with Crippen LogP contribution >= 0.6 is 35.3 Å². The zero-order valence-corrected chi connectivity index (χ0v) is 19.3. The summed E-state index contributed by atoms with van der Waals surface area (Å²) in [6.07, 6.45) is 2.81. The molecule has 2 aliphatic carbocycles. The fourth-order valence-corrected chi connectivity index (χ4v) is 5.05. The Morgan fingerprint density at radius 1 is 1.36 bits per heavy atom. The number of alkyl halides is 3. The second-order valence-electron chi connectivity index (χ2n) is 7.22. The van der Waals surface area contributed by atoms with Gasteiger partial charge in [-0.05, 0) is 26.2 Å². The molecule has 2 atom stereocenters. The van der Waals surface area contributed by atoms with Gasteiger partial charge >= 0.3 is 6.18 Å². The molecule has 160 valence electrons. The van der Waals surface area contributed by atoms with Gasteiger partial charge in [-0.2, -0.15) is 13.2 Å². The minimum absolute atomic E-state index is 0. The number of ether oxygens (including phenoxy) is 1. The molecule has 3 rings (SSSR count). The first-order chi connectivity index (χ1) is 12.9. The first-order valence-electron chi connectivity index (χ1n) is 9.49. The van der Waals surface area contributed by atoms with Gasteiger partial charge < -0.3 is 15.4 Å². The lowest BCUT2D eigenvalue weighted by atomic mass is 9.55. The highest BCUT2D eigenvalue weighted by Gasteiger charge is 2.55. The average Bonchev–Trinajstić information content (AvgIpc) is 3.13. The molecule has 2 N–H and O–H groups in total. The van der Waals surface area contributed by atoms with Crippen LogP contribution in [0.25, 0.3) is 0 Å². The number of halogens is 4. The standard InChI is InChI=1S/C18H27F3N4OS.HI/c1-3-26-14-9-12(17(14)7-5-4-6-8-17)25-16(22-2)23-10-15-24-13(11-27-15)18(19,20)21;/h11-12,14H,3-10H2,1-2H3,(H2,22,23,25);1H. The van der Waals surface area contributed by atoms with Crippen molar-refractivity contribution in [1.82, 2.24) is 15.6 Å². The molecule has 2 saturated carbocycles. The Morgan fingerprint density at radius 3 is 2.64 bits per heavy atom. The van der Waals surface area contributed by atoms with Crippen molar-refractivity contribution in [1.29, 1.82) is 0 Å². The molecule has 10 heteroatoms. The number of hydrogen-bond acceptors (Lipinski definition) is 4. The smallest absolute Gasteiger partial charge is 0.378 e. The lowest BCUT2D eigenvalue weighted by Gasteiger charge is -2.57. The highest BCUT2D eigenvalue weighted by molar-refractivity contribution is 14.0. The molecule has 2 fully saturated rings. The predicted octanol–water partition coefficient (Wildman–Crippen LogP) is 4.57. The number of hydrogen-bond donors (Lipinski definition) is 2. The van der Waals surface area contributed by atoms with Gasteiger partial charge in [-0.25, -0.2) is 4.98 Å². The molecule has 5 nitrogen and oxygen atoms in total. The highest BCUT2D eigenvalue weighted by Crippen LogP contribution is 2.53. The monoisotopic (exact) mass is 532 g/mol. The number of aliphatic imine (C=N–C) groups is 1. The number of nitrogens with one attached hydrogen (secondary N) is 2. The van der Waals surface area contributed by atoms with Crippen molar-refractivity contribution in [3.05, 3.63) is 16.1 Å². The van der Waals surface area contributed by atoms with Crippen LogP contribution in [0.3, 0.4) is 0 Å². The molecule has 2 unspecified atom stereocenters. The Labute approximate surface area is 185 Å². The summed E-state index contributed by atoms with van der Waals surface area (Å²) in [6, 6.07) is 0.280. The van der Waals surface area contributed by atoms with Crippen molar-refractivity contribution in [3.63, 3.8) is 0 Å². The van der Waals surface area contributed by atoms with Crippen LogP contribution in [-0.4, -0.2) is 36.7 Å². The number of guanidine groups is 1. The molecule has 1 aromatic heterocycles. The Kier molecular flexibility index (Phi) is 8.38. The maximum atomic E-state index is 12.7. The van der Waals surface area contributed by atoms with Crippen LogP contribution in [0.2, 0.25) is 0 Å². The fraction of sp³-hybridized carbons (Fsp3) is 0.778. The molecule has 1 aromatic rings. The second-order valence-corrected chi connectivity index (χ2v) is 8.16. The van der Waals surface area contributed by atoms with E-state index < -0.39 is 11.9 Å². The van der Waals surface area contributed by atoms with Gasteiger partial charge in [-0.1, -0.05) is 19.3 Å². The summed E-state index contributed by atoms with van der Waals surface area (Å²) in [5.74, 6) is 0.601. The van der Waals surface area contributed by atoms with E-state index in [1.807, 2.05) is 6.92 Å². The van der Waals surface area contributed by atoms with Crippen molar-refractivity contribution >= 4 is 41.3 Å². The molecule has 1 heterocycles. The van der Waals surface area contributed by atoms with Gasteiger partial charge in [0.2, 0.25) is 0 Å². The Hall–Kier alpha value is -0.620. The molecular formula is C18H28F3IN4OS. The van der Waals surface area contributed by atoms with E-state index >= 15 is 0 Å². The number of aromatic nitrogens is 1. The van der Waals surface area contributed by atoms with E-state index in [-0.39, 0.29) is 48.1 Å². The van der Waals surface area contributed by atoms with Gasteiger partial charge in [-0.3, -0.25) is 4.99 Å². The van der Waals surface area contributed by atoms with E-state index in [0.29, 0.717) is 11.0 Å². The zero-order valence-electron chi connectivity index (χ0n) is 16.1. The second kappa shape index (κ2) is 9.92. The van der Waals surface area contributed by atoms with Crippen LogP contribution in [0, 0.1) is 5.41 Å². The molecule has 2 aliphatic rings. The van der Waals surface area contributed by atoms with Crippen molar-refractivity contribution in [2.45, 2.75) is 70.3 Å². The quantitative estimate of drug-likeness (QED) is 0.332. The summed E-state index contributed by atoms with van der Waals surface area (Å²) in [5, 5.41) is 8.00. The summed E-state index contributed by atoms with van der Waals surface area (Å²) < 4.78 is 44.0. The van der Waals surface area contributed by atoms with Crippen molar-refractivity contribution < 1.29 is 17.9 Å². The third-order valence-corrected chi connectivity index (χ3v) is 6.57. The lowest BCUT2D eigenvalue weighted by molar-refractivity contribution is -0.145. The third kappa shape index (κ3) is 5.10. The molecule has 0 aromatic carbocycles. The molecule has 28 heavy (non-hydrogen) atoms. The average molecular weight is 532 g/mol. The van der Waals surface area contributed by atoms with Crippen molar-refractivity contribution in [2.75, 3.05) is 13.7 Å². The molecule has 0 aliphatic heterocycles. The van der Waals surface area contributed by atoms with E-state index in [0.717, 1.165) is 42.6 Å². The van der Waals surface area contributed by atoms with Crippen molar-refractivity contribution in [3.8, 4) is 0 Å². The lowest BCUT2D eigenvalue weighted by Crippen LogP contribution is -2.66. The summed E-state index contributed by atoms with van der Waals surface area (Å²) in [7, 11) is 1.67. The van der Waals surface area contributed by atoms with Gasteiger partial charge in [0.1, 0.15) is 5.01 Å². The third-order valence-electron chi connectivity index (χ3n) is 5.72. The summed E-state index contributed by atoms with van der Waals surface area (Å²) in [6.45, 7) is 2.97. The molecule has 0 radical (unpaired) electrons. The predicted molar refractivity (Wildman–Crippen MR) is 115 cm³/mol. The van der Waals surface area contributed by atoms with E-state index in [1.165, 1.54) is 19.3 Å². The van der Waals surface area contributed by atoms with Crippen LogP contribution in [0.1, 0.15) is 56.2 Å². The SMILES string of the molecule is CCOC1CC(NC(=NC)NCc2nc(C(F)(F)F)cs2)C12CCCCC2.I. The van der Waals surface area contributed by atoms with Gasteiger partial charge in [0.25, 0.3) is 0 Å². The molecule has 0 bridgehead atoms. The molecule has 0 amide bonds. The van der Waals surface area contributed by atoms with Crippen molar-refractivity contribution in [2.24, 2.45) is 10.4 Å². The summed E-state index contributed by atoms with van der Waals surface area (Å²) in [4.78, 5) is 7.89. The molecular weight excluding hydrogens is 504 g/mol. The topological polar surface area (TPSA) is 58.5 Å². The summed E-state index contributed by atoms with van der Waals surface area (Å²) >= 11 is 1.000. The molecule has 1 spiro atoms. The minimum atomic E-state index is -4.40. The number of rotatable bonds is 5. The zero-order chi connectivity index (χ0) is 19.5. The Morgan fingerprint density at radius 2 is 2.07 bits per heavy atom. The maximum absolute atomic E-state index is 12.7. The van der Waals surface area contributed by atoms with E-state index in [2.05, 4.69) is 20.6 Å². The van der Waals surface area contributed by atoms with Crippen LogP contribution < -0.4 is 10.6 Å². The molecule has 0 saturated heterocycles. The minimum Gasteiger partial charge on any atom is -0.378 e. The van der Waals surface area contributed by atoms with Gasteiger partial charge in [0, 0.05) is 30.5 Å². The Bertz CT molecular complexity index is 662. The highest BCUT2D eigenvalue weighted by atomic mass is 127. The summed E-state index contributed by atoms with van der Waals surface area (Å²) in [5.41, 5.74) is -0.691. The van der Waals surface area contributed by atoms with Gasteiger partial charge in [-0.15, -0.1) is 35.3 Å². The van der Waals surface area contributed by atoms with Gasteiger partial charge in [0.05, 0.1) is 12.6 Å². The van der Waals surface area contributed by atoms with Gasteiger partial charge in [0.15, 0.2) is 11.7 Å². The van der Waals surface area contributed by atoms with Crippen LogP contribution in [-0.2, 0) is 17.5 Å². The normalized spacial score (nSPS) is 24.4. The largest absolute Gasteiger partial charge is 0.434 e. The van der Waals surface area contributed by atoms with Crippen LogP contribution in [0.4, 0.5) is 13.2 Å². The first kappa shape index (κ1) is 23.7. The van der Waals surface area contributed by atoms with E-state index in [9.17, 15) is 13.2 Å². The van der Waals surface area contributed by atoms with Crippen LogP contribution in [0.5, 0.6) is 0 Å². The fourth-order valence-electron chi connectivity index (χ4n) is 4.31. The first-order valence-corrected chi connectivity index (χ1v) is 10.4. The van der Waals surface area contributed by atoms with E-state index in [1.54, 1.807) is 7.05 Å². The maximum Gasteiger partial charge on any atom is 0.434 e.